The average molecular weight is 198 g/mol. The fourth-order valence-corrected chi connectivity index (χ4v) is 0.931. The highest BCUT2D eigenvalue weighted by molar-refractivity contribution is 5.97. The van der Waals surface area contributed by atoms with Gasteiger partial charge in [0.25, 0.3) is 0 Å². The van der Waals surface area contributed by atoms with Crippen LogP contribution in [0.2, 0.25) is 0 Å². The molecule has 14 heavy (non-hydrogen) atoms. The Labute approximate surface area is 79.9 Å². The highest BCUT2D eigenvalue weighted by Crippen LogP contribution is 2.18. The smallest absolute Gasteiger partial charge is 0.339 e. The number of phenols is 1. The number of carboxylic acids is 1. The third-order valence-corrected chi connectivity index (χ3v) is 1.63. The Morgan fingerprint density at radius 1 is 1.29 bits per heavy atom. The summed E-state index contributed by atoms with van der Waals surface area (Å²) in [6, 6.07) is 3.71. The van der Waals surface area contributed by atoms with Crippen LogP contribution >= 0.6 is 0 Å². The van der Waals surface area contributed by atoms with Crippen LogP contribution in [0.4, 0.5) is 0 Å². The molecule has 0 aromatic heterocycles. The number of hydrogen-bond donors (Lipinski definition) is 2. The number of ketones is 1. The van der Waals surface area contributed by atoms with Crippen molar-refractivity contribution in [1.29, 1.82) is 0 Å². The molecule has 1 rings (SSSR count). The lowest BCUT2D eigenvalue weighted by Gasteiger charge is -2.00. The lowest BCUT2D eigenvalue weighted by molar-refractivity contribution is 0.0693. The van der Waals surface area contributed by atoms with Gasteiger partial charge in [-0.25, -0.2) is 4.79 Å². The summed E-state index contributed by atoms with van der Waals surface area (Å²) in [5.41, 5.74) is 0.0903. The molecule has 1 aromatic rings. The lowest BCUT2D eigenvalue weighted by Crippen LogP contribution is -1.99. The van der Waals surface area contributed by atoms with Crippen LogP contribution in [0.25, 0.3) is 0 Å². The predicted octanol–water partition coefficient (Wildman–Crippen LogP) is 0.468. The summed E-state index contributed by atoms with van der Waals surface area (Å²) in [5.74, 6) is -1.82. The Morgan fingerprint density at radius 3 is 2.21 bits per heavy atom. The van der Waals surface area contributed by atoms with Crippen LogP contribution in [0.5, 0.6) is 5.75 Å². The van der Waals surface area contributed by atoms with Gasteiger partial charge in [0.15, 0.2) is 5.78 Å². The first-order valence-corrected chi connectivity index (χ1v) is 3.59. The second kappa shape index (κ2) is 4.38. The molecule has 4 N–H and O–H groups in total. The second-order valence-corrected chi connectivity index (χ2v) is 2.59. The Bertz CT molecular complexity index is 369. The fourth-order valence-electron chi connectivity index (χ4n) is 0.931. The van der Waals surface area contributed by atoms with Gasteiger partial charge in [-0.3, -0.25) is 4.79 Å². The monoisotopic (exact) mass is 198 g/mol. The highest BCUT2D eigenvalue weighted by atomic mass is 16.4. The topological polar surface area (TPSA) is 106 Å². The molecule has 0 saturated heterocycles. The van der Waals surface area contributed by atoms with Gasteiger partial charge in [0.2, 0.25) is 0 Å². The van der Waals surface area contributed by atoms with Gasteiger partial charge in [-0.05, 0) is 19.1 Å². The van der Waals surface area contributed by atoms with Crippen molar-refractivity contribution in [3.05, 3.63) is 29.3 Å². The van der Waals surface area contributed by atoms with E-state index in [0.29, 0.717) is 5.56 Å². The molecule has 0 aliphatic heterocycles. The van der Waals surface area contributed by atoms with Crippen molar-refractivity contribution in [2.45, 2.75) is 6.92 Å². The maximum atomic E-state index is 10.8. The first-order chi connectivity index (χ1) is 6.02. The summed E-state index contributed by atoms with van der Waals surface area (Å²) in [6.07, 6.45) is 0. The lowest BCUT2D eigenvalue weighted by atomic mass is 10.1. The number of Topliss-reactive ketones (excluding diaryl/α,β-unsaturated/α-hetero) is 1. The van der Waals surface area contributed by atoms with Crippen LogP contribution in [0, 0.1) is 0 Å². The van der Waals surface area contributed by atoms with Crippen molar-refractivity contribution in [3.8, 4) is 5.75 Å². The summed E-state index contributed by atoms with van der Waals surface area (Å²) >= 11 is 0. The molecule has 0 fully saturated rings. The summed E-state index contributed by atoms with van der Waals surface area (Å²) in [5, 5.41) is 17.7. The van der Waals surface area contributed by atoms with E-state index in [1.54, 1.807) is 0 Å². The average Bonchev–Trinajstić information content (AvgIpc) is 2.03. The van der Waals surface area contributed by atoms with Crippen LogP contribution in [0.15, 0.2) is 18.2 Å². The van der Waals surface area contributed by atoms with E-state index in [9.17, 15) is 14.7 Å². The number of carboxylic acid groups (broad SMARTS) is 1. The maximum absolute atomic E-state index is 10.8. The van der Waals surface area contributed by atoms with Crippen LogP contribution in [0.3, 0.4) is 0 Å². The molecule has 0 aliphatic rings. The van der Waals surface area contributed by atoms with Gasteiger partial charge in [0, 0.05) is 5.56 Å². The minimum atomic E-state index is -1.22. The fraction of sp³-hybridized carbons (Fsp3) is 0.111. The zero-order valence-electron chi connectivity index (χ0n) is 7.44. The number of aromatic carboxylic acids is 1. The third kappa shape index (κ3) is 2.30. The van der Waals surface area contributed by atoms with E-state index in [2.05, 4.69) is 0 Å². The molecule has 0 amide bonds. The SMILES string of the molecule is CC(=O)c1ccc(C(=O)O)c(O)c1.O. The molecular formula is C9H10O5. The van der Waals surface area contributed by atoms with E-state index in [0.717, 1.165) is 6.07 Å². The van der Waals surface area contributed by atoms with Crippen LogP contribution in [0.1, 0.15) is 27.6 Å². The van der Waals surface area contributed by atoms with Gasteiger partial charge in [-0.1, -0.05) is 6.07 Å². The Balaban J connectivity index is 0.00000169. The molecule has 76 valence electrons. The minimum absolute atomic E-state index is 0. The Morgan fingerprint density at radius 2 is 1.86 bits per heavy atom. The zero-order chi connectivity index (χ0) is 10.0. The zero-order valence-corrected chi connectivity index (χ0v) is 7.44. The van der Waals surface area contributed by atoms with Crippen molar-refractivity contribution < 1.29 is 25.3 Å². The van der Waals surface area contributed by atoms with Gasteiger partial charge >= 0.3 is 5.97 Å². The molecule has 1 aromatic carbocycles. The Kier molecular flexibility index (Phi) is 3.79. The molecule has 0 heterocycles. The number of benzene rings is 1. The van der Waals surface area contributed by atoms with Crippen molar-refractivity contribution in [2.75, 3.05) is 0 Å². The van der Waals surface area contributed by atoms with Gasteiger partial charge in [-0.2, -0.15) is 0 Å². The summed E-state index contributed by atoms with van der Waals surface area (Å²) in [6.45, 7) is 1.34. The number of hydrogen-bond acceptors (Lipinski definition) is 3. The molecule has 5 heteroatoms. The molecular weight excluding hydrogens is 188 g/mol. The quantitative estimate of drug-likeness (QED) is 0.673. The van der Waals surface area contributed by atoms with E-state index < -0.39 is 5.97 Å². The van der Waals surface area contributed by atoms with Gasteiger partial charge in [0.05, 0.1) is 0 Å². The standard InChI is InChI=1S/C9H8O4.H2O/c1-5(10)6-2-3-7(9(12)13)8(11)4-6;/h2-4,11H,1H3,(H,12,13);1H2. The molecule has 0 unspecified atom stereocenters. The summed E-state index contributed by atoms with van der Waals surface area (Å²) in [7, 11) is 0. The van der Waals surface area contributed by atoms with Crippen molar-refractivity contribution in [1.82, 2.24) is 0 Å². The van der Waals surface area contributed by atoms with Gasteiger partial charge in [0.1, 0.15) is 11.3 Å². The number of rotatable bonds is 2. The number of carbonyl (C=O) groups is 2. The van der Waals surface area contributed by atoms with E-state index >= 15 is 0 Å². The number of carbonyl (C=O) groups excluding carboxylic acids is 1. The summed E-state index contributed by atoms with van der Waals surface area (Å²) < 4.78 is 0. The molecule has 0 saturated carbocycles. The van der Waals surface area contributed by atoms with E-state index in [1.807, 2.05) is 0 Å². The maximum Gasteiger partial charge on any atom is 0.339 e. The molecule has 0 bridgehead atoms. The predicted molar refractivity (Wildman–Crippen MR) is 48.7 cm³/mol. The largest absolute Gasteiger partial charge is 0.507 e. The second-order valence-electron chi connectivity index (χ2n) is 2.59. The summed E-state index contributed by atoms with van der Waals surface area (Å²) in [4.78, 5) is 21.3. The molecule has 0 spiro atoms. The molecule has 5 nitrogen and oxygen atoms in total. The Hall–Kier alpha value is -1.88. The molecule has 0 atom stereocenters. The van der Waals surface area contributed by atoms with Crippen LogP contribution < -0.4 is 0 Å². The molecule has 0 aliphatic carbocycles. The van der Waals surface area contributed by atoms with E-state index in [4.69, 9.17) is 5.11 Å². The van der Waals surface area contributed by atoms with E-state index in [-0.39, 0.29) is 22.6 Å². The van der Waals surface area contributed by atoms with Crippen molar-refractivity contribution in [3.63, 3.8) is 0 Å². The third-order valence-electron chi connectivity index (χ3n) is 1.63. The first kappa shape index (κ1) is 12.1. The highest BCUT2D eigenvalue weighted by Gasteiger charge is 2.10. The van der Waals surface area contributed by atoms with Gasteiger partial charge < -0.3 is 15.7 Å². The van der Waals surface area contributed by atoms with E-state index in [1.165, 1.54) is 19.1 Å². The van der Waals surface area contributed by atoms with Crippen LogP contribution in [-0.2, 0) is 0 Å². The van der Waals surface area contributed by atoms with Gasteiger partial charge in [-0.15, -0.1) is 0 Å². The van der Waals surface area contributed by atoms with Crippen molar-refractivity contribution >= 4 is 11.8 Å². The minimum Gasteiger partial charge on any atom is -0.507 e. The van der Waals surface area contributed by atoms with Crippen LogP contribution in [-0.4, -0.2) is 27.4 Å². The normalized spacial score (nSPS) is 8.93. The first-order valence-electron chi connectivity index (χ1n) is 3.59. The molecule has 0 radical (unpaired) electrons. The number of aromatic hydroxyl groups is 1. The van der Waals surface area contributed by atoms with Crippen molar-refractivity contribution in [2.24, 2.45) is 0 Å².